The zero-order valence-corrected chi connectivity index (χ0v) is 9.33. The summed E-state index contributed by atoms with van der Waals surface area (Å²) in [6.45, 7) is 1.92. The molecule has 5 heteroatoms. The number of fused-ring (bicyclic) bond motifs is 1. The molecule has 0 amide bonds. The minimum Gasteiger partial charge on any atom is -0.398 e. The number of rotatable bonds is 1. The van der Waals surface area contributed by atoms with Crippen LogP contribution in [-0.2, 0) is 0 Å². The van der Waals surface area contributed by atoms with Gasteiger partial charge in [-0.1, -0.05) is 12.1 Å². The van der Waals surface area contributed by atoms with E-state index in [0.29, 0.717) is 11.5 Å². The molecule has 0 aliphatic carbocycles. The number of benzene rings is 1. The lowest BCUT2D eigenvalue weighted by Crippen LogP contribution is -1.95. The summed E-state index contributed by atoms with van der Waals surface area (Å²) < 4.78 is 1.83. The Morgan fingerprint density at radius 2 is 2.00 bits per heavy atom. The van der Waals surface area contributed by atoms with Gasteiger partial charge in [-0.15, -0.1) is 10.2 Å². The van der Waals surface area contributed by atoms with Gasteiger partial charge in [-0.3, -0.25) is 4.40 Å². The van der Waals surface area contributed by atoms with Crippen LogP contribution in [0.25, 0.3) is 17.0 Å². The van der Waals surface area contributed by atoms with Crippen LogP contribution in [-0.4, -0.2) is 19.6 Å². The molecule has 0 spiro atoms. The molecule has 0 fully saturated rings. The fourth-order valence-electron chi connectivity index (χ4n) is 1.77. The summed E-state index contributed by atoms with van der Waals surface area (Å²) in [4.78, 5) is 4.24. The van der Waals surface area contributed by atoms with E-state index >= 15 is 0 Å². The van der Waals surface area contributed by atoms with Crippen molar-refractivity contribution in [3.63, 3.8) is 0 Å². The second-order valence-corrected chi connectivity index (χ2v) is 3.87. The molecule has 84 valence electrons. The van der Waals surface area contributed by atoms with E-state index in [1.165, 1.54) is 0 Å². The molecule has 2 aromatic heterocycles. The summed E-state index contributed by atoms with van der Waals surface area (Å²) in [5.41, 5.74) is 9.17. The van der Waals surface area contributed by atoms with Crippen LogP contribution < -0.4 is 5.73 Å². The Hall–Kier alpha value is -2.43. The Kier molecular flexibility index (Phi) is 2.04. The van der Waals surface area contributed by atoms with Gasteiger partial charge in [0, 0.05) is 23.0 Å². The molecule has 0 bridgehead atoms. The van der Waals surface area contributed by atoms with Crippen LogP contribution in [0.15, 0.2) is 36.7 Å². The maximum atomic E-state index is 5.93. The zero-order valence-electron chi connectivity index (χ0n) is 9.33. The average Bonchev–Trinajstić information content (AvgIpc) is 2.72. The van der Waals surface area contributed by atoms with E-state index in [1.54, 1.807) is 6.33 Å². The quantitative estimate of drug-likeness (QED) is 0.640. The van der Waals surface area contributed by atoms with E-state index in [9.17, 15) is 0 Å². The first-order chi connectivity index (χ1) is 8.25. The molecule has 0 saturated heterocycles. The highest BCUT2D eigenvalue weighted by Gasteiger charge is 2.10. The topological polar surface area (TPSA) is 69.1 Å². The molecular weight excluding hydrogens is 214 g/mol. The smallest absolute Gasteiger partial charge is 0.171 e. The van der Waals surface area contributed by atoms with Gasteiger partial charge in [-0.05, 0) is 19.1 Å². The van der Waals surface area contributed by atoms with Crippen LogP contribution in [0.2, 0.25) is 0 Å². The van der Waals surface area contributed by atoms with Crippen LogP contribution >= 0.6 is 0 Å². The lowest BCUT2D eigenvalue weighted by Gasteiger charge is -2.03. The van der Waals surface area contributed by atoms with E-state index in [2.05, 4.69) is 15.2 Å². The number of nitrogen functional groups attached to an aromatic ring is 1. The van der Waals surface area contributed by atoms with Gasteiger partial charge in [0.2, 0.25) is 0 Å². The van der Waals surface area contributed by atoms with Gasteiger partial charge in [0.1, 0.15) is 6.33 Å². The Bertz CT molecular complexity index is 686. The maximum absolute atomic E-state index is 5.93. The molecule has 2 heterocycles. The first-order valence-corrected chi connectivity index (χ1v) is 5.28. The molecule has 3 rings (SSSR count). The van der Waals surface area contributed by atoms with E-state index < -0.39 is 0 Å². The van der Waals surface area contributed by atoms with E-state index in [1.807, 2.05) is 41.7 Å². The SMILES string of the molecule is Cc1cc2nnc(-c3ccccc3N)n2cn1. The minimum atomic E-state index is 0.683. The molecule has 0 radical (unpaired) electrons. The number of hydrogen-bond donors (Lipinski definition) is 1. The van der Waals surface area contributed by atoms with Crippen molar-refractivity contribution in [3.8, 4) is 11.4 Å². The van der Waals surface area contributed by atoms with Gasteiger partial charge < -0.3 is 5.73 Å². The first-order valence-electron chi connectivity index (χ1n) is 5.28. The fourth-order valence-corrected chi connectivity index (χ4v) is 1.77. The van der Waals surface area contributed by atoms with E-state index in [-0.39, 0.29) is 0 Å². The number of aryl methyl sites for hydroxylation is 1. The van der Waals surface area contributed by atoms with Crippen LogP contribution in [0.3, 0.4) is 0 Å². The lowest BCUT2D eigenvalue weighted by molar-refractivity contribution is 1.05. The van der Waals surface area contributed by atoms with Gasteiger partial charge in [0.25, 0.3) is 0 Å². The summed E-state index contributed by atoms with van der Waals surface area (Å²) in [7, 11) is 0. The lowest BCUT2D eigenvalue weighted by atomic mass is 10.2. The first kappa shape index (κ1) is 9.77. The molecule has 0 atom stereocenters. The van der Waals surface area contributed by atoms with Gasteiger partial charge >= 0.3 is 0 Å². The van der Waals surface area contributed by atoms with Crippen molar-refractivity contribution in [1.82, 2.24) is 19.6 Å². The van der Waals surface area contributed by atoms with Crippen molar-refractivity contribution >= 4 is 11.3 Å². The highest BCUT2D eigenvalue weighted by atomic mass is 15.3. The molecule has 0 unspecified atom stereocenters. The third-order valence-electron chi connectivity index (χ3n) is 2.64. The second kappa shape index (κ2) is 3.55. The van der Waals surface area contributed by atoms with Crippen molar-refractivity contribution in [3.05, 3.63) is 42.4 Å². The Balaban J connectivity index is 2.29. The number of nitrogens with zero attached hydrogens (tertiary/aromatic N) is 4. The Morgan fingerprint density at radius 1 is 1.18 bits per heavy atom. The predicted molar refractivity (Wildman–Crippen MR) is 65.4 cm³/mol. The molecule has 2 N–H and O–H groups in total. The van der Waals surface area contributed by atoms with Crippen molar-refractivity contribution in [2.75, 3.05) is 5.73 Å². The highest BCUT2D eigenvalue weighted by Crippen LogP contribution is 2.23. The van der Waals surface area contributed by atoms with Gasteiger partial charge in [-0.25, -0.2) is 4.98 Å². The van der Waals surface area contributed by atoms with Gasteiger partial charge in [0.05, 0.1) is 0 Å². The van der Waals surface area contributed by atoms with Crippen molar-refractivity contribution in [2.24, 2.45) is 0 Å². The van der Waals surface area contributed by atoms with E-state index in [4.69, 9.17) is 5.73 Å². The summed E-state index contributed by atoms with van der Waals surface area (Å²) >= 11 is 0. The summed E-state index contributed by atoms with van der Waals surface area (Å²) in [5, 5.41) is 8.27. The summed E-state index contributed by atoms with van der Waals surface area (Å²) in [5.74, 6) is 0.714. The largest absolute Gasteiger partial charge is 0.398 e. The molecule has 0 aliphatic heterocycles. The summed E-state index contributed by atoms with van der Waals surface area (Å²) in [6, 6.07) is 9.47. The number of hydrogen-bond acceptors (Lipinski definition) is 4. The molecule has 0 saturated carbocycles. The summed E-state index contributed by atoms with van der Waals surface area (Å²) in [6.07, 6.45) is 1.71. The maximum Gasteiger partial charge on any atom is 0.171 e. The molecular formula is C12H11N5. The van der Waals surface area contributed by atoms with Crippen molar-refractivity contribution in [2.45, 2.75) is 6.92 Å². The number of para-hydroxylation sites is 1. The second-order valence-electron chi connectivity index (χ2n) is 3.87. The third-order valence-corrected chi connectivity index (χ3v) is 2.64. The Morgan fingerprint density at radius 3 is 2.82 bits per heavy atom. The van der Waals surface area contributed by atoms with Crippen LogP contribution in [0.4, 0.5) is 5.69 Å². The number of aromatic nitrogens is 4. The number of anilines is 1. The third kappa shape index (κ3) is 1.52. The molecule has 5 nitrogen and oxygen atoms in total. The van der Waals surface area contributed by atoms with Crippen molar-refractivity contribution < 1.29 is 0 Å². The van der Waals surface area contributed by atoms with Crippen LogP contribution in [0, 0.1) is 6.92 Å². The van der Waals surface area contributed by atoms with Crippen molar-refractivity contribution in [1.29, 1.82) is 0 Å². The Labute approximate surface area is 97.9 Å². The average molecular weight is 225 g/mol. The monoisotopic (exact) mass is 225 g/mol. The van der Waals surface area contributed by atoms with E-state index in [0.717, 1.165) is 16.9 Å². The zero-order chi connectivity index (χ0) is 11.8. The number of nitrogens with two attached hydrogens (primary N) is 1. The normalized spacial score (nSPS) is 10.9. The fraction of sp³-hybridized carbons (Fsp3) is 0.0833. The molecule has 0 aliphatic rings. The predicted octanol–water partition coefficient (Wildman–Crippen LogP) is 1.68. The van der Waals surface area contributed by atoms with Gasteiger partial charge in [-0.2, -0.15) is 0 Å². The van der Waals surface area contributed by atoms with Crippen LogP contribution in [0.1, 0.15) is 5.69 Å². The minimum absolute atomic E-state index is 0.683. The molecule has 17 heavy (non-hydrogen) atoms. The van der Waals surface area contributed by atoms with Crippen LogP contribution in [0.5, 0.6) is 0 Å². The highest BCUT2D eigenvalue weighted by molar-refractivity contribution is 5.72. The standard InChI is InChI=1S/C12H11N5/c1-8-6-11-15-16-12(17(11)7-14-8)9-4-2-3-5-10(9)13/h2-7H,13H2,1H3. The molecule has 1 aromatic carbocycles. The molecule has 3 aromatic rings. The van der Waals surface area contributed by atoms with Gasteiger partial charge in [0.15, 0.2) is 11.5 Å².